The van der Waals surface area contributed by atoms with E-state index in [-0.39, 0.29) is 48.8 Å². The highest BCUT2D eigenvalue weighted by Crippen LogP contribution is 2.38. The number of rotatable bonds is 17. The SMILES string of the molecule is CCCCCc1ccc(-c2cc3ccc(OCC(O)CCC(CO)COC(=O)C(C)(C)CC)cc3o2)c(OC(F)(F)F)c1. The molecular weight excluding hydrogens is 565 g/mol. The monoisotopic (exact) mass is 608 g/mol. The van der Waals surface area contributed by atoms with E-state index < -0.39 is 17.9 Å². The average molecular weight is 609 g/mol. The second kappa shape index (κ2) is 15.5. The maximum Gasteiger partial charge on any atom is 0.573 e. The quantitative estimate of drug-likeness (QED) is 0.119. The van der Waals surface area contributed by atoms with Gasteiger partial charge in [0.15, 0.2) is 0 Å². The summed E-state index contributed by atoms with van der Waals surface area (Å²) < 4.78 is 61.0. The number of esters is 1. The van der Waals surface area contributed by atoms with Gasteiger partial charge in [-0.05, 0) is 81.8 Å². The van der Waals surface area contributed by atoms with Gasteiger partial charge in [0, 0.05) is 24.0 Å². The Bertz CT molecular complexity index is 1320. The van der Waals surface area contributed by atoms with Crippen molar-refractivity contribution in [3.05, 3.63) is 48.0 Å². The maximum atomic E-state index is 13.2. The topological polar surface area (TPSA) is 98.4 Å². The Balaban J connectivity index is 1.62. The van der Waals surface area contributed by atoms with Crippen molar-refractivity contribution in [2.75, 3.05) is 19.8 Å². The fourth-order valence-corrected chi connectivity index (χ4v) is 4.41. The molecule has 0 aliphatic carbocycles. The van der Waals surface area contributed by atoms with Gasteiger partial charge in [-0.25, -0.2) is 0 Å². The Morgan fingerprint density at radius 1 is 1.00 bits per heavy atom. The van der Waals surface area contributed by atoms with Gasteiger partial charge in [-0.3, -0.25) is 4.79 Å². The van der Waals surface area contributed by atoms with Crippen molar-refractivity contribution in [3.8, 4) is 22.8 Å². The first-order valence-corrected chi connectivity index (χ1v) is 14.9. The molecule has 2 aromatic carbocycles. The number of halogens is 3. The Labute approximate surface area is 250 Å². The number of furan rings is 1. The molecule has 238 valence electrons. The fourth-order valence-electron chi connectivity index (χ4n) is 4.41. The second-order valence-electron chi connectivity index (χ2n) is 11.6. The number of alkyl halides is 3. The minimum absolute atomic E-state index is 0.0249. The average Bonchev–Trinajstić information content (AvgIpc) is 3.38. The van der Waals surface area contributed by atoms with Gasteiger partial charge in [0.05, 0.1) is 23.7 Å². The third kappa shape index (κ3) is 10.5. The molecule has 0 amide bonds. The van der Waals surface area contributed by atoms with Gasteiger partial charge in [-0.2, -0.15) is 0 Å². The molecule has 2 atom stereocenters. The molecule has 2 N–H and O–H groups in total. The van der Waals surface area contributed by atoms with Crippen LogP contribution >= 0.6 is 0 Å². The van der Waals surface area contributed by atoms with Crippen molar-refractivity contribution < 1.29 is 46.8 Å². The molecule has 0 fully saturated rings. The molecule has 3 rings (SSSR count). The number of hydrogen-bond acceptors (Lipinski definition) is 7. The van der Waals surface area contributed by atoms with E-state index in [4.69, 9.17) is 13.9 Å². The third-order valence-corrected chi connectivity index (χ3v) is 7.59. The zero-order valence-corrected chi connectivity index (χ0v) is 25.3. The van der Waals surface area contributed by atoms with Gasteiger partial charge >= 0.3 is 12.3 Å². The van der Waals surface area contributed by atoms with Crippen molar-refractivity contribution in [1.29, 1.82) is 0 Å². The number of carbonyl (C=O) groups excluding carboxylic acids is 1. The molecule has 0 radical (unpaired) electrons. The van der Waals surface area contributed by atoms with Crippen LogP contribution in [0.15, 0.2) is 46.9 Å². The highest BCUT2D eigenvalue weighted by atomic mass is 19.4. The summed E-state index contributed by atoms with van der Waals surface area (Å²) in [5.74, 6) is -0.298. The number of fused-ring (bicyclic) bond motifs is 1. The standard InChI is InChI=1S/C33H43F3O7/c1-5-7-8-9-22-11-15-27(30(16-22)43-33(34,35)36)29-17-24-12-14-26(18-28(24)42-29)40-21-25(38)13-10-23(19-37)20-41-31(39)32(3,4)6-2/h11-12,14-18,23,25,37-38H,5-10,13,19-21H2,1-4H3. The van der Waals surface area contributed by atoms with Crippen molar-refractivity contribution >= 4 is 16.9 Å². The van der Waals surface area contributed by atoms with E-state index in [0.717, 1.165) is 24.8 Å². The van der Waals surface area contributed by atoms with Crippen molar-refractivity contribution in [2.24, 2.45) is 11.3 Å². The smallest absolute Gasteiger partial charge is 0.491 e. The Hall–Kier alpha value is -3.24. The Morgan fingerprint density at radius 2 is 1.77 bits per heavy atom. The fraction of sp³-hybridized carbons (Fsp3) is 0.545. The molecule has 0 saturated carbocycles. The lowest BCUT2D eigenvalue weighted by Gasteiger charge is -2.23. The van der Waals surface area contributed by atoms with Crippen molar-refractivity contribution in [1.82, 2.24) is 0 Å². The lowest BCUT2D eigenvalue weighted by atomic mass is 9.90. The Kier molecular flexibility index (Phi) is 12.3. The summed E-state index contributed by atoms with van der Waals surface area (Å²) >= 11 is 0. The van der Waals surface area contributed by atoms with Crippen LogP contribution in [0.3, 0.4) is 0 Å². The maximum absolute atomic E-state index is 13.2. The number of aryl methyl sites for hydroxylation is 1. The number of benzene rings is 2. The molecule has 10 heteroatoms. The predicted molar refractivity (Wildman–Crippen MR) is 158 cm³/mol. The summed E-state index contributed by atoms with van der Waals surface area (Å²) in [5.41, 5.74) is 0.756. The number of aliphatic hydroxyl groups is 2. The molecule has 1 aromatic heterocycles. The number of unbranched alkanes of at least 4 members (excludes halogenated alkanes) is 2. The summed E-state index contributed by atoms with van der Waals surface area (Å²) in [6.45, 7) is 7.44. The number of ether oxygens (including phenoxy) is 3. The zero-order valence-electron chi connectivity index (χ0n) is 25.3. The number of carbonyl (C=O) groups is 1. The molecular formula is C33H43F3O7. The van der Waals surface area contributed by atoms with Crippen molar-refractivity contribution in [3.63, 3.8) is 0 Å². The minimum atomic E-state index is -4.85. The largest absolute Gasteiger partial charge is 0.573 e. The molecule has 0 aliphatic rings. The van der Waals surface area contributed by atoms with E-state index >= 15 is 0 Å². The van der Waals surface area contributed by atoms with Crippen LogP contribution in [0.5, 0.6) is 11.5 Å². The summed E-state index contributed by atoms with van der Waals surface area (Å²) in [4.78, 5) is 12.2. The van der Waals surface area contributed by atoms with Crippen LogP contribution in [0, 0.1) is 11.3 Å². The van der Waals surface area contributed by atoms with E-state index in [1.165, 1.54) is 6.07 Å². The molecule has 2 unspecified atom stereocenters. The number of hydrogen-bond donors (Lipinski definition) is 2. The summed E-state index contributed by atoms with van der Waals surface area (Å²) in [6, 6.07) is 11.4. The lowest BCUT2D eigenvalue weighted by molar-refractivity contribution is -0.274. The van der Waals surface area contributed by atoms with Crippen LogP contribution in [-0.2, 0) is 16.0 Å². The third-order valence-electron chi connectivity index (χ3n) is 7.59. The molecule has 0 spiro atoms. The van der Waals surface area contributed by atoms with Crippen molar-refractivity contribution in [2.45, 2.75) is 85.1 Å². The van der Waals surface area contributed by atoms with Gasteiger partial charge in [-0.15, -0.1) is 13.2 Å². The normalized spacial score (nSPS) is 13.6. The van der Waals surface area contributed by atoms with Gasteiger partial charge in [0.2, 0.25) is 0 Å². The van der Waals surface area contributed by atoms with E-state index in [1.54, 1.807) is 50.2 Å². The summed E-state index contributed by atoms with van der Waals surface area (Å²) in [7, 11) is 0. The first-order valence-electron chi connectivity index (χ1n) is 14.9. The van der Waals surface area contributed by atoms with Crippen LogP contribution in [0.4, 0.5) is 13.2 Å². The highest BCUT2D eigenvalue weighted by Gasteiger charge is 2.33. The summed E-state index contributed by atoms with van der Waals surface area (Å²) in [6.07, 6.45) is -0.773. The van der Waals surface area contributed by atoms with Crippen LogP contribution in [-0.4, -0.2) is 48.5 Å². The molecule has 7 nitrogen and oxygen atoms in total. The van der Waals surface area contributed by atoms with E-state index in [1.807, 2.05) is 6.92 Å². The summed E-state index contributed by atoms with van der Waals surface area (Å²) in [5, 5.41) is 20.8. The van der Waals surface area contributed by atoms with Crippen LogP contribution < -0.4 is 9.47 Å². The van der Waals surface area contributed by atoms with Crippen LogP contribution in [0.1, 0.15) is 71.8 Å². The molecule has 0 aliphatic heterocycles. The van der Waals surface area contributed by atoms with Gasteiger partial charge in [-0.1, -0.05) is 32.8 Å². The zero-order chi connectivity index (χ0) is 31.6. The predicted octanol–water partition coefficient (Wildman–Crippen LogP) is 7.84. The van der Waals surface area contributed by atoms with Gasteiger partial charge in [0.25, 0.3) is 0 Å². The number of aliphatic hydroxyl groups excluding tert-OH is 2. The van der Waals surface area contributed by atoms with Crippen LogP contribution in [0.2, 0.25) is 0 Å². The molecule has 0 saturated heterocycles. The highest BCUT2D eigenvalue weighted by molar-refractivity contribution is 5.85. The van der Waals surface area contributed by atoms with Gasteiger partial charge in [0.1, 0.15) is 29.4 Å². The minimum Gasteiger partial charge on any atom is -0.491 e. The first-order chi connectivity index (χ1) is 20.3. The first kappa shape index (κ1) is 34.3. The second-order valence-corrected chi connectivity index (χ2v) is 11.6. The van der Waals surface area contributed by atoms with E-state index in [2.05, 4.69) is 11.7 Å². The molecule has 43 heavy (non-hydrogen) atoms. The van der Waals surface area contributed by atoms with Crippen LogP contribution in [0.25, 0.3) is 22.3 Å². The lowest BCUT2D eigenvalue weighted by Crippen LogP contribution is -2.29. The molecule has 1 heterocycles. The molecule has 0 bridgehead atoms. The van der Waals surface area contributed by atoms with E-state index in [0.29, 0.717) is 42.4 Å². The molecule has 3 aromatic rings. The van der Waals surface area contributed by atoms with Gasteiger partial charge < -0.3 is 28.8 Å². The Morgan fingerprint density at radius 3 is 2.44 bits per heavy atom. The van der Waals surface area contributed by atoms with E-state index in [9.17, 15) is 28.2 Å².